The summed E-state index contributed by atoms with van der Waals surface area (Å²) in [6.07, 6.45) is 5.40. The third kappa shape index (κ3) is 40.4. The van der Waals surface area contributed by atoms with Crippen molar-refractivity contribution in [2.75, 3.05) is 24.7 Å². The standard InChI is InChI=1S/C27H42N2O5S.C21H35NO3S2.C14H27ClO2.C13H28O.C7H9NOS2.2C2H6/c1-15-9-8-10-27(7)22(34-27)12-20(16(2)11-19-14-35-18(4)28-19)29-23(31)13-21(30)26(5,6)25(33)17(3)24(15)32;1-15(20(3,4)5)18(16(2)21(6,7)8)25-19(23)24-13-14-26-27-17-11-9-10-12-22-17;1-9(13(3,4)5)11(17-12(15)16)10(2)14(6,7)8;1-9(12(3,4)5)11(14)10(2)13(6,7)8;9-5-6-10-11-7-3-1-2-4-8-7;2*1-2/h11,14-15,17,20-22,24,30,32H,8-10,12-13H2,1-7H3,(H,29,31);9-12,15-16,18H,13-14H2,1-8H3;9-11H,1-8H3;9-11,14H,1-8H3;1-4,9H,5-6H2;2*1-2H3/b16-11+;;;;;;/t15-,17+,20-,21-,22?,24-,27+;15-,16-;2*9-,10-;;;/m0111.../s1. The molecule has 0 radical (unpaired) electrons. The van der Waals surface area contributed by atoms with Crippen molar-refractivity contribution in [3.63, 3.8) is 0 Å². The number of aryl methyl sites for hydroxylation is 1. The highest BCUT2D eigenvalue weighted by molar-refractivity contribution is 8.77. The zero-order valence-corrected chi connectivity index (χ0v) is 78.5. The van der Waals surface area contributed by atoms with Crippen LogP contribution in [0.3, 0.4) is 0 Å². The molecule has 2 aliphatic heterocycles. The summed E-state index contributed by atoms with van der Waals surface area (Å²) in [4.78, 5) is 62.5. The topological polar surface area (TPSA) is 240 Å². The van der Waals surface area contributed by atoms with E-state index in [0.717, 1.165) is 51.3 Å². The van der Waals surface area contributed by atoms with Crippen LogP contribution in [0.5, 0.6) is 0 Å². The van der Waals surface area contributed by atoms with Crippen LogP contribution in [0, 0.1) is 92.2 Å². The number of amides is 1. The Morgan fingerprint density at radius 3 is 1.50 bits per heavy atom. The Bertz CT molecular complexity index is 2950. The number of aromatic nitrogens is 3. The summed E-state index contributed by atoms with van der Waals surface area (Å²) in [7, 11) is 6.39. The number of hydrogen-bond acceptors (Lipinski definition) is 20. The average Bonchev–Trinajstić information content (AvgIpc) is 1.61. The van der Waals surface area contributed by atoms with Crippen LogP contribution in [0.25, 0.3) is 6.08 Å². The summed E-state index contributed by atoms with van der Waals surface area (Å²) >= 11 is 6.98. The minimum Gasteiger partial charge on any atom is -0.450 e. The fraction of sp³-hybridized carbons (Fsp3) is 0.779. The zero-order chi connectivity index (χ0) is 84.5. The fourth-order valence-corrected chi connectivity index (χ4v) is 15.4. The Morgan fingerprint density at radius 1 is 0.694 bits per heavy atom. The van der Waals surface area contributed by atoms with E-state index in [1.807, 2.05) is 96.3 Å². The maximum Gasteiger partial charge on any atom is 0.508 e. The number of halogens is 1. The Morgan fingerprint density at radius 2 is 1.12 bits per heavy atom. The molecule has 13 atom stereocenters. The Balaban J connectivity index is 0. The third-order valence-electron chi connectivity index (χ3n) is 21.8. The highest BCUT2D eigenvalue weighted by Gasteiger charge is 2.53. The van der Waals surface area contributed by atoms with Gasteiger partial charge >= 0.3 is 11.6 Å². The molecule has 3 aromatic heterocycles. The lowest BCUT2D eigenvalue weighted by molar-refractivity contribution is -0.143. The number of aliphatic hydroxyl groups is 4. The van der Waals surface area contributed by atoms with Gasteiger partial charge in [0.15, 0.2) is 0 Å². The van der Waals surface area contributed by atoms with Gasteiger partial charge in [0.05, 0.1) is 65.2 Å². The van der Waals surface area contributed by atoms with Gasteiger partial charge < -0.3 is 44.7 Å². The molecule has 1 amide bonds. The second-order valence-electron chi connectivity index (χ2n) is 36.2. The van der Waals surface area contributed by atoms with Crippen LogP contribution < -0.4 is 5.32 Å². The number of rotatable bonds is 19. The maximum atomic E-state index is 13.2. The summed E-state index contributed by atoms with van der Waals surface area (Å²) in [6, 6.07) is 11.3. The van der Waals surface area contributed by atoms with Gasteiger partial charge in [-0.3, -0.25) is 9.59 Å². The number of nitrogens with zero attached hydrogens (tertiary/aromatic N) is 3. The van der Waals surface area contributed by atoms with Gasteiger partial charge in [-0.1, -0.05) is 262 Å². The van der Waals surface area contributed by atoms with E-state index < -0.39 is 35.1 Å². The lowest BCUT2D eigenvalue weighted by atomic mass is 9.69. The molecule has 0 aromatic carbocycles. The molecule has 0 spiro atoms. The third-order valence-corrected chi connectivity index (χ3v) is 27.2. The predicted octanol–water partition coefficient (Wildman–Crippen LogP) is 23.4. The number of aliphatic hydroxyl groups excluding tert-OH is 4. The highest BCUT2D eigenvalue weighted by atomic mass is 35.5. The van der Waals surface area contributed by atoms with Gasteiger partial charge in [0.1, 0.15) is 34.6 Å². The number of epoxide rings is 1. The average molecular weight is 1630 g/mol. The number of fused-ring (bicyclic) bond motifs is 1. The Hall–Kier alpha value is -2.96. The zero-order valence-electron chi connectivity index (χ0n) is 73.6. The number of Topliss-reactive ketones (excluding diaryl/α,β-unsaturated/α-hetero) is 1. The van der Waals surface area contributed by atoms with Gasteiger partial charge in [-0.05, 0) is 165 Å². The van der Waals surface area contributed by atoms with Crippen molar-refractivity contribution in [2.45, 2.75) is 333 Å². The number of carbonyl (C=O) groups excluding carboxylic acids is 4. The lowest BCUT2D eigenvalue weighted by Gasteiger charge is -2.41. The van der Waals surface area contributed by atoms with Crippen molar-refractivity contribution in [1.82, 2.24) is 20.3 Å². The first-order valence-electron chi connectivity index (χ1n) is 39.3. The van der Waals surface area contributed by atoms with E-state index in [9.17, 15) is 34.5 Å². The summed E-state index contributed by atoms with van der Waals surface area (Å²) in [5.41, 5.74) is 0.305. The van der Waals surface area contributed by atoms with Crippen molar-refractivity contribution in [2.24, 2.45) is 85.2 Å². The second-order valence-corrected chi connectivity index (χ2v) is 42.4. The minimum atomic E-state index is -1.17. The van der Waals surface area contributed by atoms with Gasteiger partial charge in [-0.2, -0.15) is 0 Å². The predicted molar refractivity (Wildman–Crippen MR) is 463 cm³/mol. The molecule has 108 heavy (non-hydrogen) atoms. The molecule has 5 rings (SSSR count). The monoisotopic (exact) mass is 1630 g/mol. The smallest absolute Gasteiger partial charge is 0.450 e. The van der Waals surface area contributed by atoms with Gasteiger partial charge in [0, 0.05) is 53.2 Å². The lowest BCUT2D eigenvalue weighted by Crippen LogP contribution is -2.47. The Labute approximate surface area is 682 Å². The normalized spacial score (nSPS) is 22.0. The molecule has 16 nitrogen and oxygen atoms in total. The molecular formula is C86H153ClN4O12S5. The van der Waals surface area contributed by atoms with E-state index in [4.69, 9.17) is 35.7 Å². The van der Waals surface area contributed by atoms with Crippen LogP contribution in [0.15, 0.2) is 69.8 Å². The van der Waals surface area contributed by atoms with Crippen molar-refractivity contribution < 1.29 is 58.6 Å². The molecule has 5 heterocycles. The molecular weight excluding hydrogens is 1480 g/mol. The van der Waals surface area contributed by atoms with Gasteiger partial charge in [-0.15, -0.1) is 11.3 Å². The minimum absolute atomic E-state index is 0.0170. The largest absolute Gasteiger partial charge is 0.508 e. The van der Waals surface area contributed by atoms with E-state index in [-0.39, 0.29) is 123 Å². The van der Waals surface area contributed by atoms with E-state index in [0.29, 0.717) is 30.6 Å². The summed E-state index contributed by atoms with van der Waals surface area (Å²) in [5.74, 6) is 1.79. The van der Waals surface area contributed by atoms with Gasteiger partial charge in [0.25, 0.3) is 0 Å². The number of hydrogen-bond donors (Lipinski definition) is 5. The first kappa shape index (κ1) is 107. The van der Waals surface area contributed by atoms with Crippen LogP contribution in [0.2, 0.25) is 0 Å². The van der Waals surface area contributed by atoms with Gasteiger partial charge in [-0.25, -0.2) is 24.5 Å². The SMILES string of the molecule is C/C(=C\c1csc(C)n1)[C@@H]1CC2O[C@]2(C)CCC[C@H](C)[C@H](O)[C@@H](C)C(=O)C(C)(C)[C@@H](O)CC(=O)N1.CC.CC.C[C@H](C(O)[C@@H](C)C(C)(C)C)C(C)(C)C.C[C@H](C(OC(=O)Cl)[C@@H](C)C(C)(C)C)C(C)(C)C.C[C@H](C(OC(=O)OCCSSc1ccccn1)[C@@H](C)C(C)(C)C)C(C)(C)C.OCCSSc1ccccn1. The summed E-state index contributed by atoms with van der Waals surface area (Å²) in [6.45, 7) is 73.6. The number of thiazole rings is 1. The first-order chi connectivity index (χ1) is 49.4. The summed E-state index contributed by atoms with van der Waals surface area (Å²) in [5, 5.41) is 48.5. The molecule has 626 valence electrons. The number of nitrogens with one attached hydrogen (secondary N) is 1. The molecule has 5 N–H and O–H groups in total. The molecule has 0 bridgehead atoms. The quantitative estimate of drug-likeness (QED) is 0.0246. The fourth-order valence-electron chi connectivity index (χ4n) is 11.3. The molecule has 22 heteroatoms. The highest BCUT2D eigenvalue weighted by Crippen LogP contribution is 2.46. The second kappa shape index (κ2) is 49.7. The number of ketones is 1. The molecule has 2 aliphatic rings. The molecule has 1 unspecified atom stereocenters. The molecule has 3 aromatic rings. The van der Waals surface area contributed by atoms with E-state index in [2.05, 4.69) is 193 Å². The summed E-state index contributed by atoms with van der Waals surface area (Å²) < 4.78 is 22.6. The number of ether oxygens (including phenoxy) is 4. The maximum absolute atomic E-state index is 13.2. The van der Waals surface area contributed by atoms with Crippen molar-refractivity contribution in [3.8, 4) is 0 Å². The first-order valence-corrected chi connectivity index (χ1v) is 45.2. The van der Waals surface area contributed by atoms with Crippen LogP contribution >= 0.6 is 66.1 Å². The van der Waals surface area contributed by atoms with E-state index in [1.165, 1.54) is 0 Å². The van der Waals surface area contributed by atoms with Crippen molar-refractivity contribution in [3.05, 3.63) is 70.4 Å². The van der Waals surface area contributed by atoms with Crippen LogP contribution in [-0.2, 0) is 28.5 Å². The van der Waals surface area contributed by atoms with Gasteiger partial charge in [0.2, 0.25) is 5.91 Å². The van der Waals surface area contributed by atoms with Crippen LogP contribution in [0.1, 0.15) is 278 Å². The van der Waals surface area contributed by atoms with Crippen LogP contribution in [0.4, 0.5) is 9.59 Å². The number of pyridine rings is 2. The van der Waals surface area contributed by atoms with E-state index in [1.54, 1.807) is 87.7 Å². The molecule has 2 saturated heterocycles. The Kier molecular flexibility index (Phi) is 49.3. The number of carbonyl (C=O) groups is 4. The molecule has 0 aliphatic carbocycles. The van der Waals surface area contributed by atoms with Crippen molar-refractivity contribution in [1.29, 1.82) is 0 Å². The molecule has 0 saturated carbocycles. The van der Waals surface area contributed by atoms with Crippen molar-refractivity contribution >= 4 is 95.5 Å². The molecule has 2 fully saturated rings. The van der Waals surface area contributed by atoms with Crippen LogP contribution in [-0.4, -0.2) is 132 Å². The van der Waals surface area contributed by atoms with E-state index >= 15 is 0 Å².